The third kappa shape index (κ3) is 1.41. The number of hydrogen-bond acceptors (Lipinski definition) is 5. The summed E-state index contributed by atoms with van der Waals surface area (Å²) in [5.74, 6) is 0.816. The lowest BCUT2D eigenvalue weighted by molar-refractivity contribution is 0.914. The van der Waals surface area contributed by atoms with Crippen LogP contribution in [0.5, 0.6) is 0 Å². The Bertz CT molecular complexity index is 138. The Kier molecular flexibility index (Phi) is 2.23. The molecule has 0 N–H and O–H groups in total. The van der Waals surface area contributed by atoms with E-state index in [1.807, 2.05) is 0 Å². The van der Waals surface area contributed by atoms with Crippen LogP contribution in [-0.4, -0.2) is 20.6 Å². The third-order valence-electron chi connectivity index (χ3n) is 0.665. The van der Waals surface area contributed by atoms with E-state index in [1.54, 1.807) is 0 Å². The molecule has 0 saturated carbocycles. The first kappa shape index (κ1) is 5.97. The zero-order chi connectivity index (χ0) is 5.82. The Morgan fingerprint density at radius 2 is 2.50 bits per heavy atom. The molecule has 0 aliphatic carbocycles. The standard InChI is InChI=1S/C3H5N3S2/c7-2-1-3-4-5-6-8-3/h7H,1-2H2. The van der Waals surface area contributed by atoms with Crippen molar-refractivity contribution in [2.45, 2.75) is 6.42 Å². The fraction of sp³-hybridized carbons (Fsp3) is 0.667. The Labute approximate surface area is 56.7 Å². The molecular formula is C3H5N3S2. The molecular weight excluding hydrogens is 142 g/mol. The first-order chi connectivity index (χ1) is 3.93. The first-order valence-electron chi connectivity index (χ1n) is 2.18. The van der Waals surface area contributed by atoms with Gasteiger partial charge in [-0.2, -0.15) is 12.6 Å². The molecule has 0 bridgehead atoms. The quantitative estimate of drug-likeness (QED) is 0.616. The lowest BCUT2D eigenvalue weighted by Gasteiger charge is -1.80. The van der Waals surface area contributed by atoms with E-state index in [0.29, 0.717) is 0 Å². The minimum atomic E-state index is 0.816. The van der Waals surface area contributed by atoms with Crippen molar-refractivity contribution in [3.8, 4) is 0 Å². The highest BCUT2D eigenvalue weighted by Gasteiger charge is 1.92. The summed E-state index contributed by atoms with van der Waals surface area (Å²) in [4.78, 5) is 0. The summed E-state index contributed by atoms with van der Waals surface area (Å²) >= 11 is 5.34. The highest BCUT2D eigenvalue weighted by Crippen LogP contribution is 1.98. The molecule has 8 heavy (non-hydrogen) atoms. The van der Waals surface area contributed by atoms with Crippen LogP contribution in [0.25, 0.3) is 0 Å². The van der Waals surface area contributed by atoms with Gasteiger partial charge in [-0.05, 0) is 11.0 Å². The van der Waals surface area contributed by atoms with Crippen LogP contribution in [-0.2, 0) is 6.42 Å². The monoisotopic (exact) mass is 147 g/mol. The summed E-state index contributed by atoms with van der Waals surface area (Å²) in [5, 5.41) is 8.10. The van der Waals surface area contributed by atoms with E-state index < -0.39 is 0 Å². The SMILES string of the molecule is SCCc1nnns1. The molecule has 0 saturated heterocycles. The Morgan fingerprint density at radius 3 is 3.00 bits per heavy atom. The molecule has 0 aliphatic heterocycles. The highest BCUT2D eigenvalue weighted by molar-refractivity contribution is 7.80. The van der Waals surface area contributed by atoms with E-state index in [4.69, 9.17) is 0 Å². The van der Waals surface area contributed by atoms with Gasteiger partial charge in [0, 0.05) is 18.0 Å². The van der Waals surface area contributed by atoms with Crippen molar-refractivity contribution in [3.05, 3.63) is 5.01 Å². The van der Waals surface area contributed by atoms with Gasteiger partial charge >= 0.3 is 0 Å². The minimum absolute atomic E-state index is 0.816. The van der Waals surface area contributed by atoms with E-state index in [0.717, 1.165) is 17.2 Å². The normalized spacial score (nSPS) is 9.62. The van der Waals surface area contributed by atoms with E-state index >= 15 is 0 Å². The van der Waals surface area contributed by atoms with Crippen LogP contribution in [0.15, 0.2) is 0 Å². The van der Waals surface area contributed by atoms with Gasteiger partial charge in [-0.3, -0.25) is 0 Å². The van der Waals surface area contributed by atoms with Gasteiger partial charge in [-0.1, -0.05) is 4.49 Å². The second-order valence-electron chi connectivity index (χ2n) is 1.23. The summed E-state index contributed by atoms with van der Waals surface area (Å²) in [5.41, 5.74) is 0. The third-order valence-corrected chi connectivity index (χ3v) is 1.54. The highest BCUT2D eigenvalue weighted by atomic mass is 32.1. The van der Waals surface area contributed by atoms with Gasteiger partial charge < -0.3 is 0 Å². The molecule has 0 radical (unpaired) electrons. The molecule has 1 rings (SSSR count). The van der Waals surface area contributed by atoms with Crippen LogP contribution in [0.4, 0.5) is 0 Å². The van der Waals surface area contributed by atoms with Gasteiger partial charge in [0.15, 0.2) is 0 Å². The van der Waals surface area contributed by atoms with Crippen LogP contribution in [0.1, 0.15) is 5.01 Å². The van der Waals surface area contributed by atoms with Crippen LogP contribution >= 0.6 is 24.2 Å². The van der Waals surface area contributed by atoms with Crippen molar-refractivity contribution in [3.63, 3.8) is 0 Å². The predicted octanol–water partition coefficient (Wildman–Crippen LogP) is 0.405. The fourth-order valence-corrected chi connectivity index (χ4v) is 1.14. The van der Waals surface area contributed by atoms with Gasteiger partial charge in [0.2, 0.25) is 0 Å². The van der Waals surface area contributed by atoms with Crippen LogP contribution < -0.4 is 0 Å². The van der Waals surface area contributed by atoms with E-state index in [1.165, 1.54) is 11.5 Å². The molecule has 0 unspecified atom stereocenters. The van der Waals surface area contributed by atoms with Gasteiger partial charge in [-0.25, -0.2) is 0 Å². The molecule has 0 amide bonds. The molecule has 1 aromatic heterocycles. The van der Waals surface area contributed by atoms with Gasteiger partial charge in [0.1, 0.15) is 5.01 Å². The first-order valence-corrected chi connectivity index (χ1v) is 3.59. The number of thiol groups is 1. The molecule has 1 aromatic rings. The molecule has 0 aliphatic rings. The maximum Gasteiger partial charge on any atom is 0.138 e. The second-order valence-corrected chi connectivity index (χ2v) is 2.49. The van der Waals surface area contributed by atoms with Crippen molar-refractivity contribution in [2.75, 3.05) is 5.75 Å². The van der Waals surface area contributed by atoms with Crippen molar-refractivity contribution < 1.29 is 0 Å². The van der Waals surface area contributed by atoms with Gasteiger partial charge in [0.25, 0.3) is 0 Å². The maximum absolute atomic E-state index is 4.02. The number of nitrogens with zero attached hydrogens (tertiary/aromatic N) is 3. The zero-order valence-corrected chi connectivity index (χ0v) is 5.82. The van der Waals surface area contributed by atoms with E-state index in [-0.39, 0.29) is 0 Å². The van der Waals surface area contributed by atoms with E-state index in [2.05, 4.69) is 27.4 Å². The van der Waals surface area contributed by atoms with Crippen molar-refractivity contribution in [1.29, 1.82) is 0 Å². The molecule has 0 fully saturated rings. The van der Waals surface area contributed by atoms with Crippen molar-refractivity contribution in [1.82, 2.24) is 14.8 Å². The molecule has 5 heteroatoms. The largest absolute Gasteiger partial charge is 0.179 e. The van der Waals surface area contributed by atoms with Crippen molar-refractivity contribution in [2.24, 2.45) is 0 Å². The summed E-state index contributed by atoms with van der Waals surface area (Å²) in [6, 6.07) is 0. The summed E-state index contributed by atoms with van der Waals surface area (Å²) in [6.07, 6.45) is 0.876. The predicted molar refractivity (Wildman–Crippen MR) is 35.3 cm³/mol. The minimum Gasteiger partial charge on any atom is -0.179 e. The van der Waals surface area contributed by atoms with Gasteiger partial charge in [0.05, 0.1) is 0 Å². The Morgan fingerprint density at radius 1 is 1.62 bits per heavy atom. The topological polar surface area (TPSA) is 38.7 Å². The number of aryl methyl sites for hydroxylation is 1. The Balaban J connectivity index is 2.50. The van der Waals surface area contributed by atoms with Crippen LogP contribution in [0, 0.1) is 0 Å². The number of aromatic nitrogens is 3. The molecule has 1 heterocycles. The molecule has 0 aromatic carbocycles. The van der Waals surface area contributed by atoms with Crippen LogP contribution in [0.2, 0.25) is 0 Å². The summed E-state index contributed by atoms with van der Waals surface area (Å²) < 4.78 is 3.59. The van der Waals surface area contributed by atoms with Gasteiger partial charge in [-0.15, -0.1) is 5.10 Å². The zero-order valence-electron chi connectivity index (χ0n) is 4.11. The average Bonchev–Trinajstić information content (AvgIpc) is 2.19. The lowest BCUT2D eigenvalue weighted by Crippen LogP contribution is -1.82. The van der Waals surface area contributed by atoms with Crippen molar-refractivity contribution >= 4 is 24.2 Å². The maximum atomic E-state index is 4.02. The summed E-state index contributed by atoms with van der Waals surface area (Å²) in [7, 11) is 0. The number of hydrogen-bond donors (Lipinski definition) is 1. The smallest absolute Gasteiger partial charge is 0.138 e. The second kappa shape index (κ2) is 2.99. The van der Waals surface area contributed by atoms with E-state index in [9.17, 15) is 0 Å². The molecule has 3 nitrogen and oxygen atoms in total. The van der Waals surface area contributed by atoms with Crippen LogP contribution in [0.3, 0.4) is 0 Å². The average molecular weight is 147 g/mol. The molecule has 0 atom stereocenters. The number of rotatable bonds is 2. The summed E-state index contributed by atoms with van der Waals surface area (Å²) in [6.45, 7) is 0. The lowest BCUT2D eigenvalue weighted by atomic mass is 10.5. The Hall–Kier alpha value is -0.160. The molecule has 0 spiro atoms. The molecule has 44 valence electrons. The fourth-order valence-electron chi connectivity index (χ4n) is 0.343.